The third kappa shape index (κ3) is 4.21. The summed E-state index contributed by atoms with van der Waals surface area (Å²) in [6.45, 7) is 0.101. The summed E-state index contributed by atoms with van der Waals surface area (Å²) in [6.07, 6.45) is 0. The minimum atomic E-state index is 0.101. The van der Waals surface area contributed by atoms with E-state index in [2.05, 4.69) is 208 Å². The molecule has 4 heteroatoms. The van der Waals surface area contributed by atoms with Gasteiger partial charge in [-0.1, -0.05) is 121 Å². The highest BCUT2D eigenvalue weighted by Gasteiger charge is 2.42. The van der Waals surface area contributed by atoms with Crippen molar-refractivity contribution in [2.24, 2.45) is 0 Å². The van der Waals surface area contributed by atoms with E-state index in [1.54, 1.807) is 0 Å². The normalized spacial score (nSPS) is 12.9. The predicted molar refractivity (Wildman–Crippen MR) is 220 cm³/mol. The van der Waals surface area contributed by atoms with E-state index >= 15 is 0 Å². The Morgan fingerprint density at radius 3 is 1.48 bits per heavy atom. The van der Waals surface area contributed by atoms with Gasteiger partial charge in [0.05, 0.1) is 11.0 Å². The summed E-state index contributed by atoms with van der Waals surface area (Å²) >= 11 is 0. The third-order valence-corrected chi connectivity index (χ3v) is 11.0. The first-order valence-electron chi connectivity index (χ1n) is 18.0. The lowest BCUT2D eigenvalue weighted by Crippen LogP contribution is -2.61. The zero-order valence-corrected chi connectivity index (χ0v) is 28.4. The Labute approximate surface area is 303 Å². The highest BCUT2D eigenvalue weighted by Crippen LogP contribution is 2.44. The van der Waals surface area contributed by atoms with E-state index in [1.165, 1.54) is 77.8 Å². The molecule has 0 fully saturated rings. The molecule has 0 amide bonds. The second-order valence-corrected chi connectivity index (χ2v) is 13.7. The van der Waals surface area contributed by atoms with Crippen LogP contribution in [0.3, 0.4) is 0 Å². The monoisotopic (exact) mass is 661 g/mol. The fourth-order valence-corrected chi connectivity index (χ4v) is 8.78. The maximum absolute atomic E-state index is 2.47. The largest absolute Gasteiger partial charge is 0.311 e. The van der Waals surface area contributed by atoms with Crippen molar-refractivity contribution in [2.45, 2.75) is 0 Å². The van der Waals surface area contributed by atoms with Gasteiger partial charge < -0.3 is 14.4 Å². The fourth-order valence-electron chi connectivity index (χ4n) is 8.78. The molecule has 8 aromatic carbocycles. The molecular weight excluding hydrogens is 629 g/mol. The van der Waals surface area contributed by atoms with Gasteiger partial charge in [0, 0.05) is 50.6 Å². The number of benzene rings is 8. The zero-order valence-electron chi connectivity index (χ0n) is 28.4. The van der Waals surface area contributed by atoms with Crippen molar-refractivity contribution in [1.82, 2.24) is 4.57 Å². The van der Waals surface area contributed by atoms with Crippen molar-refractivity contribution >= 4 is 79.0 Å². The lowest BCUT2D eigenvalue weighted by atomic mass is 9.33. The average Bonchev–Trinajstić information content (AvgIpc) is 3.55. The molecule has 2 aliphatic heterocycles. The van der Waals surface area contributed by atoms with Crippen LogP contribution in [-0.2, 0) is 0 Å². The number of aromatic nitrogens is 1. The molecule has 1 aromatic heterocycles. The van der Waals surface area contributed by atoms with Crippen molar-refractivity contribution in [3.63, 3.8) is 0 Å². The van der Waals surface area contributed by atoms with E-state index in [0.717, 1.165) is 11.4 Å². The van der Waals surface area contributed by atoms with Crippen LogP contribution in [0.15, 0.2) is 194 Å². The maximum Gasteiger partial charge on any atom is 0.252 e. The van der Waals surface area contributed by atoms with Crippen molar-refractivity contribution in [3.8, 4) is 16.8 Å². The molecule has 2 aliphatic rings. The Hall–Kier alpha value is -6.78. The molecule has 0 N–H and O–H groups in total. The summed E-state index contributed by atoms with van der Waals surface area (Å²) in [4.78, 5) is 4.91. The molecule has 3 heterocycles. The molecule has 0 atom stereocenters. The molecule has 242 valence electrons. The lowest BCUT2D eigenvalue weighted by molar-refractivity contribution is 1.18. The van der Waals surface area contributed by atoms with Gasteiger partial charge in [0.1, 0.15) is 0 Å². The molecule has 0 radical (unpaired) electrons. The molecular formula is C48H32BN3. The molecule has 11 rings (SSSR count). The summed E-state index contributed by atoms with van der Waals surface area (Å²) in [5.41, 5.74) is 17.2. The minimum absolute atomic E-state index is 0.101. The summed E-state index contributed by atoms with van der Waals surface area (Å²) in [7, 11) is 0. The smallest absolute Gasteiger partial charge is 0.252 e. The Balaban J connectivity index is 1.09. The zero-order chi connectivity index (χ0) is 34.2. The van der Waals surface area contributed by atoms with Gasteiger partial charge in [-0.15, -0.1) is 0 Å². The van der Waals surface area contributed by atoms with Crippen molar-refractivity contribution in [3.05, 3.63) is 194 Å². The van der Waals surface area contributed by atoms with Crippen molar-refractivity contribution in [2.75, 3.05) is 9.80 Å². The quantitative estimate of drug-likeness (QED) is 0.174. The first-order chi connectivity index (χ1) is 25.8. The van der Waals surface area contributed by atoms with Gasteiger partial charge in [0.15, 0.2) is 0 Å². The molecule has 0 saturated heterocycles. The van der Waals surface area contributed by atoms with Gasteiger partial charge in [-0.25, -0.2) is 0 Å². The molecule has 9 aromatic rings. The average molecular weight is 662 g/mol. The highest BCUT2D eigenvalue weighted by molar-refractivity contribution is 7.00. The SMILES string of the molecule is c1ccc(N2c3ccccc3B3c4ccc(-c5ccc(-n6c7ccccc7c7ccccc76)cc5)cc4N(c4ccccc4)c4cccc2c43)cc1. The first-order valence-corrected chi connectivity index (χ1v) is 18.0. The topological polar surface area (TPSA) is 11.4 Å². The second kappa shape index (κ2) is 11.4. The lowest BCUT2D eigenvalue weighted by Gasteiger charge is -2.44. The molecule has 52 heavy (non-hydrogen) atoms. The van der Waals surface area contributed by atoms with Crippen LogP contribution in [0, 0.1) is 0 Å². The van der Waals surface area contributed by atoms with E-state index in [4.69, 9.17) is 0 Å². The van der Waals surface area contributed by atoms with Crippen LogP contribution in [0.1, 0.15) is 0 Å². The number of para-hydroxylation sites is 5. The Kier molecular flexibility index (Phi) is 6.35. The van der Waals surface area contributed by atoms with Crippen molar-refractivity contribution in [1.29, 1.82) is 0 Å². The number of nitrogens with zero attached hydrogens (tertiary/aromatic N) is 3. The van der Waals surface area contributed by atoms with Gasteiger partial charge in [-0.05, 0) is 100 Å². The van der Waals surface area contributed by atoms with E-state index < -0.39 is 0 Å². The maximum atomic E-state index is 2.47. The molecule has 0 spiro atoms. The van der Waals surface area contributed by atoms with Gasteiger partial charge in [0.2, 0.25) is 0 Å². The Morgan fingerprint density at radius 2 is 0.827 bits per heavy atom. The Morgan fingerprint density at radius 1 is 0.327 bits per heavy atom. The molecule has 0 unspecified atom stereocenters. The van der Waals surface area contributed by atoms with E-state index in [1.807, 2.05) is 0 Å². The van der Waals surface area contributed by atoms with Crippen LogP contribution < -0.4 is 26.2 Å². The van der Waals surface area contributed by atoms with Crippen LogP contribution in [0.5, 0.6) is 0 Å². The van der Waals surface area contributed by atoms with E-state index in [0.29, 0.717) is 0 Å². The number of fused-ring (bicyclic) bond motifs is 7. The molecule has 0 aliphatic carbocycles. The standard InChI is InChI=1S/C48H32BN3/c1-3-14-35(15-4-1)51-44-23-12-9-20-40(44)49-41-31-28-34(32-47(41)52(36-16-5-2-6-17-36)46-25-13-24-45(51)48(46)49)33-26-29-37(30-27-33)50-42-21-10-7-18-38(42)39-19-8-11-22-43(39)50/h1-32H. The number of rotatable bonds is 4. The predicted octanol–water partition coefficient (Wildman–Crippen LogP) is 10.5. The number of hydrogen-bond donors (Lipinski definition) is 0. The van der Waals surface area contributed by atoms with Gasteiger partial charge >= 0.3 is 0 Å². The fraction of sp³-hybridized carbons (Fsp3) is 0. The van der Waals surface area contributed by atoms with Gasteiger partial charge in [0.25, 0.3) is 6.71 Å². The number of hydrogen-bond acceptors (Lipinski definition) is 2. The summed E-state index contributed by atoms with van der Waals surface area (Å²) in [6, 6.07) is 70.9. The highest BCUT2D eigenvalue weighted by atomic mass is 15.2. The van der Waals surface area contributed by atoms with Crippen molar-refractivity contribution < 1.29 is 0 Å². The van der Waals surface area contributed by atoms with Crippen LogP contribution in [0.25, 0.3) is 38.6 Å². The third-order valence-electron chi connectivity index (χ3n) is 11.0. The van der Waals surface area contributed by atoms with Crippen LogP contribution in [-0.4, -0.2) is 11.3 Å². The van der Waals surface area contributed by atoms with Crippen LogP contribution in [0.4, 0.5) is 34.1 Å². The number of anilines is 6. The molecule has 3 nitrogen and oxygen atoms in total. The van der Waals surface area contributed by atoms with Crippen LogP contribution >= 0.6 is 0 Å². The summed E-state index contributed by atoms with van der Waals surface area (Å²) in [5, 5.41) is 2.55. The molecule has 0 bridgehead atoms. The van der Waals surface area contributed by atoms with E-state index in [9.17, 15) is 0 Å². The summed E-state index contributed by atoms with van der Waals surface area (Å²) < 4.78 is 2.38. The first kappa shape index (κ1) is 29.0. The Bertz CT molecular complexity index is 2750. The second-order valence-electron chi connectivity index (χ2n) is 13.7. The molecule has 0 saturated carbocycles. The van der Waals surface area contributed by atoms with Gasteiger partial charge in [-0.3, -0.25) is 0 Å². The minimum Gasteiger partial charge on any atom is -0.311 e. The van der Waals surface area contributed by atoms with Gasteiger partial charge in [-0.2, -0.15) is 0 Å². The van der Waals surface area contributed by atoms with E-state index in [-0.39, 0.29) is 6.71 Å². The summed E-state index contributed by atoms with van der Waals surface area (Å²) in [5.74, 6) is 0. The van der Waals surface area contributed by atoms with Crippen LogP contribution in [0.2, 0.25) is 0 Å².